The highest BCUT2D eigenvalue weighted by atomic mass is 16.5. The predicted molar refractivity (Wildman–Crippen MR) is 129 cm³/mol. The minimum Gasteiger partial charge on any atom is -0.489 e. The van der Waals surface area contributed by atoms with E-state index in [1.54, 1.807) is 48.5 Å². The number of nitrogens with zero attached hydrogens (tertiary/aromatic N) is 1. The van der Waals surface area contributed by atoms with Crippen LogP contribution >= 0.6 is 0 Å². The number of benzene rings is 3. The van der Waals surface area contributed by atoms with Crippen molar-refractivity contribution in [1.29, 1.82) is 0 Å². The van der Waals surface area contributed by atoms with Crippen molar-refractivity contribution in [2.45, 2.75) is 13.0 Å². The summed E-state index contributed by atoms with van der Waals surface area (Å²) >= 11 is 0. The number of rotatable bonds is 6. The van der Waals surface area contributed by atoms with Crippen molar-refractivity contribution in [3.63, 3.8) is 0 Å². The Morgan fingerprint density at radius 3 is 2.03 bits per heavy atom. The average molecular weight is 466 g/mol. The molecule has 0 spiro atoms. The van der Waals surface area contributed by atoms with Gasteiger partial charge in [-0.2, -0.15) is 0 Å². The van der Waals surface area contributed by atoms with Crippen LogP contribution in [0.5, 0.6) is 11.5 Å². The lowest BCUT2D eigenvalue weighted by Crippen LogP contribution is -2.32. The summed E-state index contributed by atoms with van der Waals surface area (Å²) in [6.45, 7) is 0.314. The molecule has 1 saturated heterocycles. The van der Waals surface area contributed by atoms with Crippen LogP contribution in [-0.2, 0) is 16.2 Å². The summed E-state index contributed by atoms with van der Waals surface area (Å²) in [5.41, 5.74) is 1.93. The Morgan fingerprint density at radius 2 is 1.40 bits per heavy atom. The van der Waals surface area contributed by atoms with Crippen LogP contribution in [0.2, 0.25) is 0 Å². The monoisotopic (exact) mass is 465 g/mol. The van der Waals surface area contributed by atoms with E-state index in [1.165, 1.54) is 4.90 Å². The number of hydrogen-bond donors (Lipinski definition) is 0. The second kappa shape index (κ2) is 8.55. The van der Waals surface area contributed by atoms with Gasteiger partial charge in [-0.05, 0) is 72.4 Å². The summed E-state index contributed by atoms with van der Waals surface area (Å²) < 4.78 is 11.2. The molecule has 0 N–H and O–H groups in total. The Bertz CT molecular complexity index is 1280. The van der Waals surface area contributed by atoms with E-state index in [0.29, 0.717) is 29.4 Å². The first-order chi connectivity index (χ1) is 17.1. The molecule has 0 aromatic heterocycles. The van der Waals surface area contributed by atoms with Crippen molar-refractivity contribution in [2.24, 2.45) is 23.7 Å². The van der Waals surface area contributed by atoms with Crippen molar-refractivity contribution in [2.75, 3.05) is 4.90 Å². The van der Waals surface area contributed by atoms with Gasteiger partial charge in [-0.15, -0.1) is 0 Å². The third-order valence-electron chi connectivity index (χ3n) is 7.11. The molecule has 0 radical (unpaired) electrons. The zero-order valence-corrected chi connectivity index (χ0v) is 18.9. The molecule has 35 heavy (non-hydrogen) atoms. The van der Waals surface area contributed by atoms with Gasteiger partial charge in [0.1, 0.15) is 18.1 Å². The SMILES string of the molecule is O=C(Oc1ccccc1)c1ccc(COc2ccc(N3C(=O)C4C5C=CC(C5)C4C3=O)cc2)cc1. The zero-order chi connectivity index (χ0) is 23.9. The third-order valence-corrected chi connectivity index (χ3v) is 7.11. The van der Waals surface area contributed by atoms with Crippen LogP contribution in [0.3, 0.4) is 0 Å². The third kappa shape index (κ3) is 3.81. The van der Waals surface area contributed by atoms with Crippen LogP contribution in [0.4, 0.5) is 5.69 Å². The van der Waals surface area contributed by atoms with Gasteiger partial charge in [-0.1, -0.05) is 42.5 Å². The Kier molecular flexibility index (Phi) is 5.21. The number of ether oxygens (including phenoxy) is 2. The molecular formula is C29H23NO5. The van der Waals surface area contributed by atoms with Gasteiger partial charge in [0.15, 0.2) is 0 Å². The molecule has 2 bridgehead atoms. The van der Waals surface area contributed by atoms with Gasteiger partial charge in [-0.3, -0.25) is 14.5 Å². The number of fused-ring (bicyclic) bond motifs is 5. The number of imide groups is 1. The molecule has 1 heterocycles. The molecule has 3 aromatic rings. The van der Waals surface area contributed by atoms with Crippen LogP contribution in [0.15, 0.2) is 91.0 Å². The first-order valence-corrected chi connectivity index (χ1v) is 11.7. The van der Waals surface area contributed by atoms with Gasteiger partial charge in [0.25, 0.3) is 0 Å². The maximum Gasteiger partial charge on any atom is 0.343 e. The lowest BCUT2D eigenvalue weighted by molar-refractivity contribution is -0.123. The number of allylic oxidation sites excluding steroid dienone is 2. The van der Waals surface area contributed by atoms with E-state index < -0.39 is 5.97 Å². The molecule has 4 unspecified atom stereocenters. The normalized spacial score (nSPS) is 24.1. The van der Waals surface area contributed by atoms with Crippen LogP contribution in [-0.4, -0.2) is 17.8 Å². The topological polar surface area (TPSA) is 72.9 Å². The van der Waals surface area contributed by atoms with Crippen LogP contribution in [0.25, 0.3) is 0 Å². The largest absolute Gasteiger partial charge is 0.489 e. The van der Waals surface area contributed by atoms with Crippen molar-refractivity contribution >= 4 is 23.5 Å². The molecule has 3 aromatic carbocycles. The minimum absolute atomic E-state index is 0.0867. The average Bonchev–Trinajstić information content (AvgIpc) is 3.58. The van der Waals surface area contributed by atoms with E-state index in [9.17, 15) is 14.4 Å². The molecule has 2 aliphatic carbocycles. The Balaban J connectivity index is 1.07. The van der Waals surface area contributed by atoms with Crippen LogP contribution < -0.4 is 14.4 Å². The van der Waals surface area contributed by atoms with Gasteiger partial charge < -0.3 is 9.47 Å². The molecule has 6 rings (SSSR count). The quantitative estimate of drug-likeness (QED) is 0.226. The highest BCUT2D eigenvalue weighted by Gasteiger charge is 2.59. The van der Waals surface area contributed by atoms with Crippen molar-refractivity contribution < 1.29 is 23.9 Å². The molecule has 2 fully saturated rings. The van der Waals surface area contributed by atoms with Gasteiger partial charge in [0, 0.05) is 0 Å². The fourth-order valence-electron chi connectivity index (χ4n) is 5.41. The molecule has 6 heteroatoms. The molecule has 1 aliphatic heterocycles. The highest BCUT2D eigenvalue weighted by molar-refractivity contribution is 6.22. The van der Waals surface area contributed by atoms with E-state index in [0.717, 1.165) is 12.0 Å². The summed E-state index contributed by atoms with van der Waals surface area (Å²) in [4.78, 5) is 39.6. The first kappa shape index (κ1) is 21.4. The Labute approximate surface area is 202 Å². The van der Waals surface area contributed by atoms with E-state index in [2.05, 4.69) is 12.2 Å². The van der Waals surface area contributed by atoms with Crippen molar-refractivity contribution in [3.8, 4) is 11.5 Å². The second-order valence-electron chi connectivity index (χ2n) is 9.19. The van der Waals surface area contributed by atoms with Gasteiger partial charge >= 0.3 is 5.97 Å². The van der Waals surface area contributed by atoms with Crippen molar-refractivity contribution in [1.82, 2.24) is 0 Å². The Hall–Kier alpha value is -4.19. The van der Waals surface area contributed by atoms with Crippen LogP contribution in [0.1, 0.15) is 22.3 Å². The first-order valence-electron chi connectivity index (χ1n) is 11.7. The number of esters is 1. The summed E-state index contributed by atoms with van der Waals surface area (Å²) in [5.74, 6) is 0.510. The fraction of sp³-hybridized carbons (Fsp3) is 0.207. The molecule has 3 aliphatic rings. The van der Waals surface area contributed by atoms with Crippen molar-refractivity contribution in [3.05, 3.63) is 102 Å². The molecule has 2 amide bonds. The molecule has 1 saturated carbocycles. The fourth-order valence-corrected chi connectivity index (χ4v) is 5.41. The summed E-state index contributed by atoms with van der Waals surface area (Å²) in [6.07, 6.45) is 5.11. The molecule has 174 valence electrons. The summed E-state index contributed by atoms with van der Waals surface area (Å²) in [7, 11) is 0. The number of carbonyl (C=O) groups is 3. The van der Waals surface area contributed by atoms with E-state index in [1.807, 2.05) is 30.3 Å². The van der Waals surface area contributed by atoms with E-state index in [4.69, 9.17) is 9.47 Å². The lowest BCUT2D eigenvalue weighted by Gasteiger charge is -2.17. The van der Waals surface area contributed by atoms with E-state index >= 15 is 0 Å². The van der Waals surface area contributed by atoms with Gasteiger partial charge in [0.2, 0.25) is 11.8 Å². The number of hydrogen-bond acceptors (Lipinski definition) is 5. The number of carbonyl (C=O) groups excluding carboxylic acids is 3. The number of para-hydroxylation sites is 1. The maximum atomic E-state index is 13.0. The summed E-state index contributed by atoms with van der Waals surface area (Å²) in [6, 6.07) is 23.0. The smallest absolute Gasteiger partial charge is 0.343 e. The minimum atomic E-state index is -0.418. The van der Waals surface area contributed by atoms with Crippen LogP contribution in [0, 0.1) is 23.7 Å². The lowest BCUT2D eigenvalue weighted by atomic mass is 9.85. The standard InChI is InChI=1S/C29H23NO5/c31-27-25-20-10-11-21(16-20)26(25)28(32)30(27)22-12-14-23(15-13-22)34-17-18-6-8-19(9-7-18)29(33)35-24-4-2-1-3-5-24/h1-15,20-21,25-26H,16-17H2. The summed E-state index contributed by atoms with van der Waals surface area (Å²) in [5, 5.41) is 0. The maximum absolute atomic E-state index is 13.0. The number of amides is 2. The molecular weight excluding hydrogens is 442 g/mol. The Morgan fingerprint density at radius 1 is 0.771 bits per heavy atom. The molecule has 4 atom stereocenters. The highest BCUT2D eigenvalue weighted by Crippen LogP contribution is 2.53. The zero-order valence-electron chi connectivity index (χ0n) is 18.9. The molecule has 6 nitrogen and oxygen atoms in total. The van der Waals surface area contributed by atoms with E-state index in [-0.39, 0.29) is 35.5 Å². The predicted octanol–water partition coefficient (Wildman–Crippen LogP) is 4.80. The number of anilines is 1. The van der Waals surface area contributed by atoms with Gasteiger partial charge in [-0.25, -0.2) is 4.79 Å². The van der Waals surface area contributed by atoms with Gasteiger partial charge in [0.05, 0.1) is 23.1 Å². The second-order valence-corrected chi connectivity index (χ2v) is 9.19.